The van der Waals surface area contributed by atoms with Crippen LogP contribution in [0, 0.1) is 0 Å². The molecular formula is C12H21NO2. The number of nitrogens with zero attached hydrogens (tertiary/aromatic N) is 1. The highest BCUT2D eigenvalue weighted by molar-refractivity contribution is 5.69. The minimum Gasteiger partial charge on any atom is -0.480 e. The maximum Gasteiger partial charge on any atom is 0.317 e. The Bertz CT molecular complexity index is 232. The van der Waals surface area contributed by atoms with Crippen LogP contribution >= 0.6 is 0 Å². The van der Waals surface area contributed by atoms with Gasteiger partial charge in [-0.2, -0.15) is 0 Å². The molecule has 0 atom stereocenters. The van der Waals surface area contributed by atoms with Gasteiger partial charge in [-0.1, -0.05) is 18.4 Å². The molecule has 0 radical (unpaired) electrons. The van der Waals surface area contributed by atoms with Crippen LogP contribution in [0.5, 0.6) is 0 Å². The van der Waals surface area contributed by atoms with Gasteiger partial charge in [-0.3, -0.25) is 9.69 Å². The zero-order valence-corrected chi connectivity index (χ0v) is 9.54. The van der Waals surface area contributed by atoms with E-state index in [4.69, 9.17) is 5.11 Å². The fourth-order valence-corrected chi connectivity index (χ4v) is 2.17. The van der Waals surface area contributed by atoms with Crippen molar-refractivity contribution < 1.29 is 9.90 Å². The summed E-state index contributed by atoms with van der Waals surface area (Å²) in [7, 11) is 0. The van der Waals surface area contributed by atoms with Crippen LogP contribution < -0.4 is 0 Å². The minimum atomic E-state index is -0.719. The molecule has 3 heteroatoms. The zero-order chi connectivity index (χ0) is 11.3. The summed E-state index contributed by atoms with van der Waals surface area (Å²) in [6, 6.07) is 0.487. The molecule has 0 amide bonds. The maximum atomic E-state index is 10.7. The Labute approximate surface area is 91.8 Å². The van der Waals surface area contributed by atoms with Crippen molar-refractivity contribution in [3.63, 3.8) is 0 Å². The Kier molecular flexibility index (Phi) is 4.82. The SMILES string of the molecule is C=C(C)CCN(CC(=O)O)C1CCCC1. The molecule has 0 aliphatic heterocycles. The van der Waals surface area contributed by atoms with Crippen molar-refractivity contribution in [2.24, 2.45) is 0 Å². The lowest BCUT2D eigenvalue weighted by Gasteiger charge is -2.27. The van der Waals surface area contributed by atoms with E-state index in [1.165, 1.54) is 12.8 Å². The third kappa shape index (κ3) is 4.47. The molecule has 86 valence electrons. The molecule has 0 aromatic rings. The number of aliphatic carboxylic acids is 1. The van der Waals surface area contributed by atoms with Crippen molar-refractivity contribution in [3.05, 3.63) is 12.2 Å². The number of carboxylic acid groups (broad SMARTS) is 1. The second-order valence-electron chi connectivity index (χ2n) is 4.51. The van der Waals surface area contributed by atoms with Crippen LogP contribution in [-0.4, -0.2) is 35.1 Å². The van der Waals surface area contributed by atoms with E-state index in [9.17, 15) is 4.79 Å². The van der Waals surface area contributed by atoms with Crippen molar-refractivity contribution in [1.82, 2.24) is 4.90 Å². The minimum absolute atomic E-state index is 0.179. The van der Waals surface area contributed by atoms with E-state index in [1.807, 2.05) is 6.92 Å². The average molecular weight is 211 g/mol. The highest BCUT2D eigenvalue weighted by Gasteiger charge is 2.23. The fraction of sp³-hybridized carbons (Fsp3) is 0.750. The summed E-state index contributed by atoms with van der Waals surface area (Å²) in [5.41, 5.74) is 1.13. The van der Waals surface area contributed by atoms with Crippen LogP contribution in [0.25, 0.3) is 0 Å². The third-order valence-electron chi connectivity index (χ3n) is 3.01. The first-order valence-corrected chi connectivity index (χ1v) is 5.70. The van der Waals surface area contributed by atoms with Crippen molar-refractivity contribution in [2.75, 3.05) is 13.1 Å². The van der Waals surface area contributed by atoms with Gasteiger partial charge in [0.05, 0.1) is 6.54 Å². The van der Waals surface area contributed by atoms with Crippen LogP contribution in [0.3, 0.4) is 0 Å². The van der Waals surface area contributed by atoms with Gasteiger partial charge in [-0.05, 0) is 26.2 Å². The summed E-state index contributed by atoms with van der Waals surface area (Å²) in [6.07, 6.45) is 5.71. The monoisotopic (exact) mass is 211 g/mol. The van der Waals surface area contributed by atoms with E-state index in [0.717, 1.165) is 31.4 Å². The Hall–Kier alpha value is -0.830. The van der Waals surface area contributed by atoms with Gasteiger partial charge in [0.15, 0.2) is 0 Å². The van der Waals surface area contributed by atoms with Gasteiger partial charge in [-0.15, -0.1) is 6.58 Å². The fourth-order valence-electron chi connectivity index (χ4n) is 2.17. The van der Waals surface area contributed by atoms with Gasteiger partial charge < -0.3 is 5.11 Å². The molecule has 1 rings (SSSR count). The van der Waals surface area contributed by atoms with Crippen molar-refractivity contribution >= 4 is 5.97 Å². The van der Waals surface area contributed by atoms with Crippen LogP contribution in [0.15, 0.2) is 12.2 Å². The first kappa shape index (κ1) is 12.2. The van der Waals surface area contributed by atoms with Gasteiger partial charge in [0, 0.05) is 12.6 Å². The number of hydrogen-bond donors (Lipinski definition) is 1. The topological polar surface area (TPSA) is 40.5 Å². The third-order valence-corrected chi connectivity index (χ3v) is 3.01. The molecule has 0 spiro atoms. The standard InChI is InChI=1S/C12H21NO2/c1-10(2)7-8-13(9-12(14)15)11-5-3-4-6-11/h11H,1,3-9H2,2H3,(H,14,15). The quantitative estimate of drug-likeness (QED) is 0.685. The van der Waals surface area contributed by atoms with E-state index >= 15 is 0 Å². The van der Waals surface area contributed by atoms with E-state index in [1.54, 1.807) is 0 Å². The van der Waals surface area contributed by atoms with E-state index in [2.05, 4.69) is 11.5 Å². The van der Waals surface area contributed by atoms with Crippen LogP contribution in [0.2, 0.25) is 0 Å². The number of hydrogen-bond acceptors (Lipinski definition) is 2. The van der Waals surface area contributed by atoms with Crippen LogP contribution in [0.4, 0.5) is 0 Å². The summed E-state index contributed by atoms with van der Waals surface area (Å²) >= 11 is 0. The van der Waals surface area contributed by atoms with E-state index in [0.29, 0.717) is 6.04 Å². The lowest BCUT2D eigenvalue weighted by molar-refractivity contribution is -0.138. The van der Waals surface area contributed by atoms with Crippen molar-refractivity contribution in [3.8, 4) is 0 Å². The smallest absolute Gasteiger partial charge is 0.317 e. The van der Waals surface area contributed by atoms with Crippen molar-refractivity contribution in [1.29, 1.82) is 0 Å². The molecular weight excluding hydrogens is 190 g/mol. The van der Waals surface area contributed by atoms with E-state index < -0.39 is 5.97 Å². The maximum absolute atomic E-state index is 10.7. The second kappa shape index (κ2) is 5.91. The number of carbonyl (C=O) groups is 1. The van der Waals surface area contributed by atoms with Crippen LogP contribution in [0.1, 0.15) is 39.0 Å². The summed E-state index contributed by atoms with van der Waals surface area (Å²) in [6.45, 7) is 6.87. The van der Waals surface area contributed by atoms with E-state index in [-0.39, 0.29) is 6.54 Å². The molecule has 1 aliphatic carbocycles. The van der Waals surface area contributed by atoms with Crippen molar-refractivity contribution in [2.45, 2.75) is 45.1 Å². The lowest BCUT2D eigenvalue weighted by atomic mass is 10.1. The molecule has 1 fully saturated rings. The number of carboxylic acids is 1. The Morgan fingerprint density at radius 3 is 2.53 bits per heavy atom. The normalized spacial score (nSPS) is 17.2. The Balaban J connectivity index is 2.43. The first-order chi connectivity index (χ1) is 7.09. The molecule has 3 nitrogen and oxygen atoms in total. The summed E-state index contributed by atoms with van der Waals surface area (Å²) in [4.78, 5) is 12.8. The molecule has 1 N–H and O–H groups in total. The molecule has 0 saturated heterocycles. The lowest BCUT2D eigenvalue weighted by Crippen LogP contribution is -2.38. The van der Waals surface area contributed by atoms with Gasteiger partial charge in [0.25, 0.3) is 0 Å². The molecule has 1 saturated carbocycles. The van der Waals surface area contributed by atoms with Gasteiger partial charge in [-0.25, -0.2) is 0 Å². The summed E-state index contributed by atoms with van der Waals surface area (Å²) < 4.78 is 0. The first-order valence-electron chi connectivity index (χ1n) is 5.70. The van der Waals surface area contributed by atoms with Gasteiger partial charge >= 0.3 is 5.97 Å². The Morgan fingerprint density at radius 1 is 1.47 bits per heavy atom. The second-order valence-corrected chi connectivity index (χ2v) is 4.51. The Morgan fingerprint density at radius 2 is 2.07 bits per heavy atom. The highest BCUT2D eigenvalue weighted by Crippen LogP contribution is 2.23. The predicted molar refractivity (Wildman–Crippen MR) is 60.9 cm³/mol. The molecule has 0 bridgehead atoms. The van der Waals surface area contributed by atoms with Crippen LogP contribution in [-0.2, 0) is 4.79 Å². The average Bonchev–Trinajstić information content (AvgIpc) is 2.63. The number of rotatable bonds is 6. The largest absolute Gasteiger partial charge is 0.480 e. The molecule has 15 heavy (non-hydrogen) atoms. The summed E-state index contributed by atoms with van der Waals surface area (Å²) in [5, 5.41) is 8.85. The molecule has 0 aromatic carbocycles. The molecule has 0 heterocycles. The van der Waals surface area contributed by atoms with Gasteiger partial charge in [0.2, 0.25) is 0 Å². The summed E-state index contributed by atoms with van der Waals surface area (Å²) in [5.74, 6) is -0.719. The highest BCUT2D eigenvalue weighted by atomic mass is 16.4. The molecule has 0 aromatic heterocycles. The zero-order valence-electron chi connectivity index (χ0n) is 9.54. The van der Waals surface area contributed by atoms with Gasteiger partial charge in [0.1, 0.15) is 0 Å². The molecule has 1 aliphatic rings. The molecule has 0 unspecified atom stereocenters. The predicted octanol–water partition coefficient (Wildman–Crippen LogP) is 2.28.